The molecule has 3 N–H and O–H groups in total. The average molecular weight is 491 g/mol. The van der Waals surface area contributed by atoms with E-state index in [1.807, 2.05) is 53.3 Å². The number of rotatable bonds is 9. The predicted molar refractivity (Wildman–Crippen MR) is 137 cm³/mol. The molecule has 0 aliphatic heterocycles. The van der Waals surface area contributed by atoms with Crippen LogP contribution in [-0.2, 0) is 11.3 Å². The molecular formula is C26H26N4O4S. The molecule has 0 aliphatic rings. The molecule has 0 saturated carbocycles. The number of aryl methyl sites for hydroxylation is 2. The van der Waals surface area contributed by atoms with E-state index in [-0.39, 0.29) is 17.4 Å². The summed E-state index contributed by atoms with van der Waals surface area (Å²) in [6, 6.07) is 15.2. The number of nitrogens with one attached hydrogen (secondary N) is 2. The maximum Gasteiger partial charge on any atom is 0.262 e. The lowest BCUT2D eigenvalue weighted by Crippen LogP contribution is -2.24. The molecule has 2 amide bonds. The van der Waals surface area contributed by atoms with Crippen molar-refractivity contribution in [1.29, 1.82) is 0 Å². The van der Waals surface area contributed by atoms with Crippen LogP contribution in [0.1, 0.15) is 41.6 Å². The van der Waals surface area contributed by atoms with Crippen molar-refractivity contribution in [3.8, 4) is 11.3 Å². The number of carbonyl (C=O) groups excluding carboxylic acids is 2. The summed E-state index contributed by atoms with van der Waals surface area (Å²) < 4.78 is 1.90. The Kier molecular flexibility index (Phi) is 7.69. The number of hydrogen-bond acceptors (Lipinski definition) is 6. The monoisotopic (exact) mass is 490 g/mol. The highest BCUT2D eigenvalue weighted by Crippen LogP contribution is 2.25. The van der Waals surface area contributed by atoms with Crippen LogP contribution in [0.3, 0.4) is 0 Å². The van der Waals surface area contributed by atoms with Crippen molar-refractivity contribution >= 4 is 39.2 Å². The number of benzene rings is 2. The number of hydrogen-bond donors (Lipinski definition) is 3. The number of unbranched alkanes of at least 4 members (excludes halogenated alkanes) is 2. The summed E-state index contributed by atoms with van der Waals surface area (Å²) in [7, 11) is 0. The number of pyridine rings is 1. The van der Waals surface area contributed by atoms with Crippen LogP contribution in [0.4, 0.5) is 5.13 Å². The molecule has 35 heavy (non-hydrogen) atoms. The molecule has 8 nitrogen and oxygen atoms in total. The van der Waals surface area contributed by atoms with Crippen molar-refractivity contribution in [1.82, 2.24) is 15.0 Å². The number of thiazole rings is 1. The molecule has 0 bridgehead atoms. The van der Waals surface area contributed by atoms with Crippen LogP contribution in [0.25, 0.3) is 22.2 Å². The molecule has 0 unspecified atom stereocenters. The van der Waals surface area contributed by atoms with Gasteiger partial charge in [-0.1, -0.05) is 48.4 Å². The Balaban J connectivity index is 1.53. The highest BCUT2D eigenvalue weighted by Gasteiger charge is 2.17. The normalized spacial score (nSPS) is 10.9. The first kappa shape index (κ1) is 24.3. The Morgan fingerprint density at radius 1 is 1.06 bits per heavy atom. The van der Waals surface area contributed by atoms with Crippen molar-refractivity contribution in [3.63, 3.8) is 0 Å². The first-order valence-corrected chi connectivity index (χ1v) is 12.2. The van der Waals surface area contributed by atoms with E-state index in [0.717, 1.165) is 35.2 Å². The lowest BCUT2D eigenvalue weighted by molar-refractivity contribution is -0.129. The van der Waals surface area contributed by atoms with Gasteiger partial charge in [-0.15, -0.1) is 11.3 Å². The number of carbonyl (C=O) groups is 2. The van der Waals surface area contributed by atoms with E-state index in [4.69, 9.17) is 5.21 Å². The van der Waals surface area contributed by atoms with E-state index in [0.29, 0.717) is 23.5 Å². The highest BCUT2D eigenvalue weighted by molar-refractivity contribution is 7.14. The molecular weight excluding hydrogens is 464 g/mol. The quantitative estimate of drug-likeness (QED) is 0.178. The third-order valence-corrected chi connectivity index (χ3v) is 6.49. The molecule has 2 aromatic heterocycles. The van der Waals surface area contributed by atoms with Gasteiger partial charge in [0.05, 0.1) is 11.2 Å². The van der Waals surface area contributed by atoms with Gasteiger partial charge in [-0.05, 0) is 31.9 Å². The minimum atomic E-state index is -0.501. The Morgan fingerprint density at radius 2 is 1.83 bits per heavy atom. The Bertz CT molecular complexity index is 1410. The fourth-order valence-corrected chi connectivity index (χ4v) is 4.56. The Hall–Kier alpha value is -3.82. The molecule has 2 aromatic carbocycles. The van der Waals surface area contributed by atoms with E-state index < -0.39 is 11.8 Å². The second kappa shape index (κ2) is 11.1. The van der Waals surface area contributed by atoms with E-state index in [9.17, 15) is 14.4 Å². The third-order valence-electron chi connectivity index (χ3n) is 5.73. The fraction of sp³-hybridized carbons (Fsp3) is 0.231. The van der Waals surface area contributed by atoms with Crippen LogP contribution in [-0.4, -0.2) is 26.6 Å². The lowest BCUT2D eigenvalue weighted by Gasteiger charge is -2.13. The lowest BCUT2D eigenvalue weighted by atomic mass is 10.1. The van der Waals surface area contributed by atoms with Crippen molar-refractivity contribution in [3.05, 3.63) is 81.5 Å². The van der Waals surface area contributed by atoms with Crippen LogP contribution >= 0.6 is 11.3 Å². The topological polar surface area (TPSA) is 113 Å². The summed E-state index contributed by atoms with van der Waals surface area (Å²) in [5.74, 6) is -0.913. The molecule has 0 fully saturated rings. The van der Waals surface area contributed by atoms with Crippen molar-refractivity contribution in [2.45, 2.75) is 39.2 Å². The second-order valence-corrected chi connectivity index (χ2v) is 9.14. The Morgan fingerprint density at radius 3 is 2.60 bits per heavy atom. The van der Waals surface area contributed by atoms with Crippen molar-refractivity contribution < 1.29 is 14.8 Å². The summed E-state index contributed by atoms with van der Waals surface area (Å²) in [5.41, 5.74) is 4.97. The second-order valence-electron chi connectivity index (χ2n) is 8.29. The zero-order valence-corrected chi connectivity index (χ0v) is 20.1. The van der Waals surface area contributed by atoms with Crippen molar-refractivity contribution in [2.24, 2.45) is 0 Å². The van der Waals surface area contributed by atoms with Crippen LogP contribution in [0, 0.1) is 6.92 Å². The van der Waals surface area contributed by atoms with Gasteiger partial charge in [0, 0.05) is 35.5 Å². The zero-order valence-electron chi connectivity index (χ0n) is 19.3. The largest absolute Gasteiger partial charge is 0.346 e. The molecule has 9 heteroatoms. The molecule has 0 radical (unpaired) electrons. The number of hydroxylamine groups is 1. The maximum absolute atomic E-state index is 13.1. The number of anilines is 1. The first-order valence-electron chi connectivity index (χ1n) is 11.4. The van der Waals surface area contributed by atoms with Crippen LogP contribution in [0.2, 0.25) is 0 Å². The van der Waals surface area contributed by atoms with Gasteiger partial charge in [-0.25, -0.2) is 10.5 Å². The van der Waals surface area contributed by atoms with Crippen LogP contribution < -0.4 is 16.2 Å². The van der Waals surface area contributed by atoms with Gasteiger partial charge >= 0.3 is 0 Å². The van der Waals surface area contributed by atoms with Crippen molar-refractivity contribution in [2.75, 3.05) is 5.32 Å². The average Bonchev–Trinajstić information content (AvgIpc) is 3.33. The molecule has 4 rings (SSSR count). The third kappa shape index (κ3) is 5.82. The minimum absolute atomic E-state index is 0.0513. The highest BCUT2D eigenvalue weighted by atomic mass is 32.1. The van der Waals surface area contributed by atoms with Gasteiger partial charge in [0.25, 0.3) is 5.91 Å². The van der Waals surface area contributed by atoms with Crippen LogP contribution in [0.15, 0.2) is 64.9 Å². The molecule has 0 saturated heterocycles. The molecule has 180 valence electrons. The SMILES string of the molecule is Cc1ccc(-c2csc(NC(=O)c3cn(CCCCCC(=O)NO)c4ccccc4c3=O)n2)cc1. The van der Waals surface area contributed by atoms with E-state index >= 15 is 0 Å². The van der Waals surface area contributed by atoms with Gasteiger partial charge < -0.3 is 4.57 Å². The zero-order chi connectivity index (χ0) is 24.8. The van der Waals surface area contributed by atoms with Gasteiger partial charge in [0.2, 0.25) is 11.3 Å². The van der Waals surface area contributed by atoms with Gasteiger partial charge in [0.15, 0.2) is 5.13 Å². The number of amides is 2. The summed E-state index contributed by atoms with van der Waals surface area (Å²) in [6.45, 7) is 2.60. The molecule has 0 atom stereocenters. The standard InChI is InChI=1S/C26H26N4O4S/c1-17-10-12-18(13-11-17)21-16-35-26(27-21)28-25(33)20-15-30(14-6-2-3-9-23(31)29-34)22-8-5-4-7-19(22)24(20)32/h4-5,7-8,10-13,15-16,34H,2-3,6,9,14H2,1H3,(H,29,31)(H,27,28,33). The Labute approximate surface area is 206 Å². The predicted octanol–water partition coefficient (Wildman–Crippen LogP) is 4.75. The summed E-state index contributed by atoms with van der Waals surface area (Å²) in [4.78, 5) is 41.9. The van der Waals surface area contributed by atoms with E-state index in [1.54, 1.807) is 23.8 Å². The first-order chi connectivity index (χ1) is 17.0. The van der Waals surface area contributed by atoms with Gasteiger partial charge in [-0.3, -0.25) is 24.9 Å². The number of para-hydroxylation sites is 1. The summed E-state index contributed by atoms with van der Waals surface area (Å²) >= 11 is 1.31. The summed E-state index contributed by atoms with van der Waals surface area (Å²) in [6.07, 6.45) is 3.98. The fourth-order valence-electron chi connectivity index (χ4n) is 3.84. The smallest absolute Gasteiger partial charge is 0.262 e. The maximum atomic E-state index is 13.1. The molecule has 4 aromatic rings. The van der Waals surface area contributed by atoms with E-state index in [2.05, 4.69) is 10.3 Å². The molecule has 0 spiro atoms. The molecule has 2 heterocycles. The number of nitrogens with zero attached hydrogens (tertiary/aromatic N) is 2. The number of aromatic nitrogens is 2. The number of fused-ring (bicyclic) bond motifs is 1. The van der Waals surface area contributed by atoms with E-state index in [1.165, 1.54) is 11.3 Å². The molecule has 0 aliphatic carbocycles. The minimum Gasteiger partial charge on any atom is -0.346 e. The van der Waals surface area contributed by atoms with Crippen LogP contribution in [0.5, 0.6) is 0 Å². The summed E-state index contributed by atoms with van der Waals surface area (Å²) in [5, 5.41) is 14.1. The van der Waals surface area contributed by atoms with Gasteiger partial charge in [-0.2, -0.15) is 0 Å². The van der Waals surface area contributed by atoms with Gasteiger partial charge in [0.1, 0.15) is 5.56 Å².